The van der Waals surface area contributed by atoms with Gasteiger partial charge in [-0.3, -0.25) is 9.38 Å². The average Bonchev–Trinajstić information content (AvgIpc) is 2.68. The average molecular weight is 290 g/mol. The van der Waals surface area contributed by atoms with E-state index in [1.165, 1.54) is 0 Å². The van der Waals surface area contributed by atoms with E-state index >= 15 is 0 Å². The van der Waals surface area contributed by atoms with Gasteiger partial charge in [0.25, 0.3) is 0 Å². The first-order valence-corrected chi connectivity index (χ1v) is 5.82. The third-order valence-electron chi connectivity index (χ3n) is 2.51. The van der Waals surface area contributed by atoms with Crippen LogP contribution in [0.5, 0.6) is 5.88 Å². The Morgan fingerprint density at radius 1 is 1.29 bits per heavy atom. The fourth-order valence-corrected chi connectivity index (χ4v) is 2.15. The number of imidazole rings is 1. The molecule has 1 aromatic carbocycles. The maximum atomic E-state index is 9.74. The lowest BCUT2D eigenvalue weighted by Crippen LogP contribution is -1.89. The minimum atomic E-state index is -0.00641. The van der Waals surface area contributed by atoms with Crippen molar-refractivity contribution in [3.8, 4) is 17.3 Å². The van der Waals surface area contributed by atoms with Gasteiger partial charge in [0, 0.05) is 22.4 Å². The second-order valence-electron chi connectivity index (χ2n) is 3.60. The van der Waals surface area contributed by atoms with Crippen molar-refractivity contribution in [2.75, 3.05) is 0 Å². The Bertz CT molecular complexity index is 693. The largest absolute Gasteiger partial charge is 0.492 e. The van der Waals surface area contributed by atoms with E-state index in [1.54, 1.807) is 18.6 Å². The molecular weight excluding hydrogens is 282 g/mol. The summed E-state index contributed by atoms with van der Waals surface area (Å²) in [6.45, 7) is 0. The second-order valence-corrected chi connectivity index (χ2v) is 4.52. The van der Waals surface area contributed by atoms with Crippen LogP contribution in [-0.4, -0.2) is 19.5 Å². The van der Waals surface area contributed by atoms with Gasteiger partial charge in [0.1, 0.15) is 11.3 Å². The summed E-state index contributed by atoms with van der Waals surface area (Å²) in [6, 6.07) is 7.77. The molecule has 84 valence electrons. The molecule has 1 N–H and O–H groups in total. The summed E-state index contributed by atoms with van der Waals surface area (Å²) in [5, 5.41) is 9.74. The smallest absolute Gasteiger partial charge is 0.239 e. The topological polar surface area (TPSA) is 50.4 Å². The molecule has 0 bridgehead atoms. The number of aromatic nitrogens is 3. The van der Waals surface area contributed by atoms with E-state index in [1.807, 2.05) is 28.7 Å². The van der Waals surface area contributed by atoms with Gasteiger partial charge in [-0.25, -0.2) is 0 Å². The van der Waals surface area contributed by atoms with Crippen molar-refractivity contribution in [3.05, 3.63) is 47.3 Å². The van der Waals surface area contributed by atoms with Crippen LogP contribution >= 0.6 is 15.9 Å². The van der Waals surface area contributed by atoms with Crippen molar-refractivity contribution in [3.63, 3.8) is 0 Å². The number of fused-ring (bicyclic) bond motifs is 1. The molecular formula is C12H8BrN3O. The lowest BCUT2D eigenvalue weighted by Gasteiger charge is -2.00. The third-order valence-corrected chi connectivity index (χ3v) is 3.00. The molecule has 2 aromatic heterocycles. The lowest BCUT2D eigenvalue weighted by atomic mass is 10.2. The standard InChI is InChI=1S/C12H8BrN3O/c13-9-3-1-2-8(6-9)11-15-12(17)10-7-14-4-5-16(10)11/h1-7,17H. The molecule has 0 fully saturated rings. The van der Waals surface area contributed by atoms with E-state index in [9.17, 15) is 5.11 Å². The molecule has 0 saturated heterocycles. The first-order chi connectivity index (χ1) is 8.25. The Kier molecular flexibility index (Phi) is 2.33. The van der Waals surface area contributed by atoms with Gasteiger partial charge in [-0.1, -0.05) is 28.1 Å². The van der Waals surface area contributed by atoms with Crippen LogP contribution in [0.25, 0.3) is 16.9 Å². The summed E-state index contributed by atoms with van der Waals surface area (Å²) in [5.74, 6) is 0.689. The Hall–Kier alpha value is -1.88. The van der Waals surface area contributed by atoms with Crippen LogP contribution in [0.2, 0.25) is 0 Å². The van der Waals surface area contributed by atoms with E-state index in [0.29, 0.717) is 11.3 Å². The molecule has 3 rings (SSSR count). The number of halogens is 1. The van der Waals surface area contributed by atoms with E-state index in [4.69, 9.17) is 0 Å². The van der Waals surface area contributed by atoms with Gasteiger partial charge in [0.15, 0.2) is 0 Å². The van der Waals surface area contributed by atoms with Gasteiger partial charge in [0.2, 0.25) is 5.88 Å². The predicted molar refractivity (Wildman–Crippen MR) is 67.8 cm³/mol. The van der Waals surface area contributed by atoms with E-state index in [-0.39, 0.29) is 5.88 Å². The van der Waals surface area contributed by atoms with Crippen molar-refractivity contribution in [1.29, 1.82) is 0 Å². The fourth-order valence-electron chi connectivity index (χ4n) is 1.75. The molecule has 5 heteroatoms. The maximum Gasteiger partial charge on any atom is 0.239 e. The van der Waals surface area contributed by atoms with Crippen LogP contribution in [0.1, 0.15) is 0 Å². The Morgan fingerprint density at radius 2 is 2.18 bits per heavy atom. The molecule has 3 aromatic rings. The molecule has 2 heterocycles. The van der Waals surface area contributed by atoms with Crippen LogP contribution in [-0.2, 0) is 0 Å². The van der Waals surface area contributed by atoms with Crippen LogP contribution in [0, 0.1) is 0 Å². The van der Waals surface area contributed by atoms with Crippen LogP contribution in [0.4, 0.5) is 0 Å². The molecule has 0 unspecified atom stereocenters. The summed E-state index contributed by atoms with van der Waals surface area (Å²) in [6.07, 6.45) is 5.03. The molecule has 0 aliphatic heterocycles. The molecule has 0 radical (unpaired) electrons. The fraction of sp³-hybridized carbons (Fsp3) is 0. The number of benzene rings is 1. The first kappa shape index (κ1) is 10.3. The maximum absolute atomic E-state index is 9.74. The zero-order chi connectivity index (χ0) is 11.8. The highest BCUT2D eigenvalue weighted by atomic mass is 79.9. The molecule has 0 atom stereocenters. The first-order valence-electron chi connectivity index (χ1n) is 5.02. The van der Waals surface area contributed by atoms with Crippen LogP contribution in [0.3, 0.4) is 0 Å². The molecule has 4 nitrogen and oxygen atoms in total. The minimum absolute atomic E-state index is 0.00641. The highest BCUT2D eigenvalue weighted by molar-refractivity contribution is 9.10. The normalized spacial score (nSPS) is 10.9. The van der Waals surface area contributed by atoms with E-state index in [0.717, 1.165) is 10.0 Å². The lowest BCUT2D eigenvalue weighted by molar-refractivity contribution is 0.462. The highest BCUT2D eigenvalue weighted by Gasteiger charge is 2.11. The molecule has 17 heavy (non-hydrogen) atoms. The quantitative estimate of drug-likeness (QED) is 0.749. The summed E-state index contributed by atoms with van der Waals surface area (Å²) >= 11 is 3.42. The zero-order valence-electron chi connectivity index (χ0n) is 8.71. The van der Waals surface area contributed by atoms with Gasteiger partial charge in [-0.2, -0.15) is 4.98 Å². The monoisotopic (exact) mass is 289 g/mol. The van der Waals surface area contributed by atoms with Crippen molar-refractivity contribution < 1.29 is 5.11 Å². The van der Waals surface area contributed by atoms with E-state index < -0.39 is 0 Å². The van der Waals surface area contributed by atoms with Gasteiger partial charge in [-0.15, -0.1) is 0 Å². The second kappa shape index (κ2) is 3.85. The summed E-state index contributed by atoms with van der Waals surface area (Å²) in [7, 11) is 0. The van der Waals surface area contributed by atoms with Crippen molar-refractivity contribution in [2.24, 2.45) is 0 Å². The minimum Gasteiger partial charge on any atom is -0.492 e. The van der Waals surface area contributed by atoms with Crippen LogP contribution < -0.4 is 0 Å². The summed E-state index contributed by atoms with van der Waals surface area (Å²) in [5.41, 5.74) is 1.53. The third kappa shape index (κ3) is 1.68. The summed E-state index contributed by atoms with van der Waals surface area (Å²) < 4.78 is 2.78. The number of nitrogens with zero attached hydrogens (tertiary/aromatic N) is 3. The molecule has 0 aliphatic rings. The Balaban J connectivity index is 2.31. The van der Waals surface area contributed by atoms with Gasteiger partial charge in [0.05, 0.1) is 6.20 Å². The van der Waals surface area contributed by atoms with Crippen LogP contribution in [0.15, 0.2) is 47.3 Å². The van der Waals surface area contributed by atoms with Crippen molar-refractivity contribution >= 4 is 21.4 Å². The van der Waals surface area contributed by atoms with Crippen molar-refractivity contribution in [2.45, 2.75) is 0 Å². The van der Waals surface area contributed by atoms with Gasteiger partial charge >= 0.3 is 0 Å². The zero-order valence-corrected chi connectivity index (χ0v) is 10.3. The number of aromatic hydroxyl groups is 1. The van der Waals surface area contributed by atoms with Gasteiger partial charge in [-0.05, 0) is 12.1 Å². The number of hydrogen-bond donors (Lipinski definition) is 1. The highest BCUT2D eigenvalue weighted by Crippen LogP contribution is 2.27. The SMILES string of the molecule is Oc1nc(-c2cccc(Br)c2)n2ccncc12. The molecule has 0 saturated carbocycles. The number of rotatable bonds is 1. The molecule has 0 spiro atoms. The summed E-state index contributed by atoms with van der Waals surface area (Å²) in [4.78, 5) is 8.13. The molecule has 0 aliphatic carbocycles. The Morgan fingerprint density at radius 3 is 3.00 bits per heavy atom. The Labute approximate surface area is 106 Å². The van der Waals surface area contributed by atoms with E-state index in [2.05, 4.69) is 25.9 Å². The molecule has 0 amide bonds. The number of hydrogen-bond acceptors (Lipinski definition) is 3. The predicted octanol–water partition coefficient (Wildman–Crippen LogP) is 2.86. The van der Waals surface area contributed by atoms with Gasteiger partial charge < -0.3 is 5.11 Å². The van der Waals surface area contributed by atoms with Crippen molar-refractivity contribution in [1.82, 2.24) is 14.4 Å².